The lowest BCUT2D eigenvalue weighted by molar-refractivity contribution is -0.527. The van der Waals surface area contributed by atoms with Crippen LogP contribution >= 0.6 is 0 Å². The largest absolute Gasteiger partial charge is 0.671 e. The van der Waals surface area contributed by atoms with Crippen LogP contribution in [0, 0.1) is 17.0 Å². The number of nitrogens with zero attached hydrogens (tertiary/aromatic N) is 2. The van der Waals surface area contributed by atoms with E-state index in [0.29, 0.717) is 5.56 Å². The molecule has 0 aliphatic carbocycles. The maximum Gasteiger partial charge on any atom is 0.671 e. The quantitative estimate of drug-likeness (QED) is 0.640. The number of hydrazine groups is 1. The van der Waals surface area contributed by atoms with Crippen molar-refractivity contribution in [1.82, 2.24) is 10.9 Å². The van der Waals surface area contributed by atoms with Gasteiger partial charge in [0.1, 0.15) is 24.2 Å². The third kappa shape index (κ3) is 4.14. The molecule has 0 aliphatic rings. The molecule has 22 heavy (non-hydrogen) atoms. The van der Waals surface area contributed by atoms with Crippen LogP contribution in [0.15, 0.2) is 48.8 Å². The fourth-order valence-corrected chi connectivity index (χ4v) is 1.85. The Morgan fingerprint density at radius 3 is 2.73 bits per heavy atom. The number of carbonyl (C=O) groups is 1. The van der Waals surface area contributed by atoms with Crippen molar-refractivity contribution in [3.05, 3.63) is 65.7 Å². The summed E-state index contributed by atoms with van der Waals surface area (Å²) in [6.45, 7) is 1.82. The Balaban J connectivity index is 1.93. The van der Waals surface area contributed by atoms with Crippen molar-refractivity contribution in [2.75, 3.05) is 0 Å². The van der Waals surface area contributed by atoms with E-state index in [4.69, 9.17) is 5.26 Å². The summed E-state index contributed by atoms with van der Waals surface area (Å²) >= 11 is 0. The minimum Gasteiger partial charge on any atom is -0.287 e. The van der Waals surface area contributed by atoms with Crippen molar-refractivity contribution >= 4 is 13.3 Å². The summed E-state index contributed by atoms with van der Waals surface area (Å²) in [4.78, 5) is 12.0. The number of nitrogens with one attached hydrogen (secondary N) is 2. The number of hydrogen-bond donors (Lipinski definition) is 2. The molecule has 2 aromatic rings. The zero-order valence-electron chi connectivity index (χ0n) is 12.0. The van der Waals surface area contributed by atoms with Crippen LogP contribution in [-0.4, -0.2) is 13.3 Å². The first-order valence-electron chi connectivity index (χ1n) is 6.65. The van der Waals surface area contributed by atoms with Gasteiger partial charge in [-0.05, 0) is 24.6 Å². The van der Waals surface area contributed by atoms with Gasteiger partial charge >= 0.3 is 7.41 Å². The van der Waals surface area contributed by atoms with Gasteiger partial charge in [0, 0.05) is 18.2 Å². The number of rotatable bonds is 5. The molecule has 7 heteroatoms. The van der Waals surface area contributed by atoms with Gasteiger partial charge in [-0.1, -0.05) is 12.1 Å². The van der Waals surface area contributed by atoms with E-state index in [9.17, 15) is 9.18 Å². The maximum absolute atomic E-state index is 13.1. The molecule has 109 valence electrons. The van der Waals surface area contributed by atoms with E-state index in [1.807, 2.05) is 12.9 Å². The van der Waals surface area contributed by atoms with E-state index in [0.717, 1.165) is 5.56 Å². The molecule has 0 saturated heterocycles. The zero-order valence-corrected chi connectivity index (χ0v) is 12.0. The summed E-state index contributed by atoms with van der Waals surface area (Å²) in [6, 6.07) is 9.12. The molecule has 0 bridgehead atoms. The van der Waals surface area contributed by atoms with Gasteiger partial charge in [-0.15, -0.1) is 0 Å². The monoisotopic (exact) mass is 296 g/mol. The molecule has 1 aromatic heterocycles. The van der Waals surface area contributed by atoms with Crippen LogP contribution in [0.3, 0.4) is 0 Å². The summed E-state index contributed by atoms with van der Waals surface area (Å²) in [5.41, 5.74) is 6.58. The average Bonchev–Trinajstić information content (AvgIpc) is 2.53. The fraction of sp³-hybridized carbons (Fsp3) is 0.133. The van der Waals surface area contributed by atoms with Gasteiger partial charge in [0.05, 0.1) is 5.56 Å². The lowest BCUT2D eigenvalue weighted by atomic mass is 9.98. The fourth-order valence-electron chi connectivity index (χ4n) is 1.85. The van der Waals surface area contributed by atoms with Crippen molar-refractivity contribution < 1.29 is 13.7 Å². The van der Waals surface area contributed by atoms with Crippen molar-refractivity contribution in [3.8, 4) is 5.97 Å². The molecule has 1 radical (unpaired) electrons. The number of benzene rings is 1. The van der Waals surface area contributed by atoms with E-state index in [2.05, 4.69) is 10.9 Å². The minimum absolute atomic E-state index is 0.236. The SMILES string of the molecule is CC(NNC(=O)c1cc[n+]([B]C#N)cc1)c1cccc(F)c1. The first-order valence-corrected chi connectivity index (χ1v) is 6.65. The van der Waals surface area contributed by atoms with Crippen molar-refractivity contribution in [3.63, 3.8) is 0 Å². The second-order valence-corrected chi connectivity index (χ2v) is 4.67. The van der Waals surface area contributed by atoms with Crippen LogP contribution in [0.4, 0.5) is 4.39 Å². The van der Waals surface area contributed by atoms with Crippen molar-refractivity contribution in [1.29, 1.82) is 5.26 Å². The smallest absolute Gasteiger partial charge is 0.287 e. The Bertz CT molecular complexity index is 699. The highest BCUT2D eigenvalue weighted by atomic mass is 19.1. The number of amides is 1. The first-order chi connectivity index (χ1) is 10.6. The Morgan fingerprint density at radius 2 is 2.09 bits per heavy atom. The lowest BCUT2D eigenvalue weighted by Crippen LogP contribution is -2.41. The molecule has 1 aromatic carbocycles. The normalized spacial score (nSPS) is 11.3. The third-order valence-electron chi connectivity index (χ3n) is 3.07. The number of pyridine rings is 1. The molecular weight excluding hydrogens is 282 g/mol. The van der Waals surface area contributed by atoms with E-state index in [1.165, 1.54) is 19.5 Å². The lowest BCUT2D eigenvalue weighted by Gasteiger charge is -2.15. The standard InChI is InChI=1S/C15H14BFN4O/c1-11(13-3-2-4-14(17)9-13)19-20-15(22)12-5-7-21(8-6-12)16-10-18/h2-9,11,19H,1H3,(H,20,22)/q+1. The molecule has 1 unspecified atom stereocenters. The van der Waals surface area contributed by atoms with Crippen LogP contribution in [-0.2, 0) is 0 Å². The van der Waals surface area contributed by atoms with Crippen LogP contribution in [0.25, 0.3) is 0 Å². The molecular formula is C15H14BFN4O+. The van der Waals surface area contributed by atoms with E-state index in [1.54, 1.807) is 41.1 Å². The topological polar surface area (TPSA) is 68.8 Å². The molecule has 2 rings (SSSR count). The van der Waals surface area contributed by atoms with Crippen LogP contribution in [0.5, 0.6) is 0 Å². The van der Waals surface area contributed by atoms with Gasteiger partial charge in [0.25, 0.3) is 5.91 Å². The number of carbonyl (C=O) groups excluding carboxylic acids is 1. The predicted octanol–water partition coefficient (Wildman–Crippen LogP) is 1.06. The third-order valence-corrected chi connectivity index (χ3v) is 3.07. The number of nitriles is 1. The van der Waals surface area contributed by atoms with Crippen LogP contribution < -0.4 is 15.3 Å². The molecule has 2 N–H and O–H groups in total. The highest BCUT2D eigenvalue weighted by molar-refractivity contribution is 6.35. The number of aromatic nitrogens is 1. The summed E-state index contributed by atoms with van der Waals surface area (Å²) in [6.07, 6.45) is 3.21. The molecule has 0 fully saturated rings. The van der Waals surface area contributed by atoms with E-state index < -0.39 is 0 Å². The molecule has 5 nitrogen and oxygen atoms in total. The molecule has 1 heterocycles. The Kier molecular flexibility index (Phi) is 5.23. The minimum atomic E-state index is -0.321. The number of halogens is 1. The molecule has 0 aliphatic heterocycles. The maximum atomic E-state index is 13.1. The van der Waals surface area contributed by atoms with Crippen LogP contribution in [0.2, 0.25) is 0 Å². The summed E-state index contributed by atoms with van der Waals surface area (Å²) < 4.78 is 14.7. The Labute approximate surface area is 128 Å². The highest BCUT2D eigenvalue weighted by Crippen LogP contribution is 2.12. The van der Waals surface area contributed by atoms with Crippen molar-refractivity contribution in [2.24, 2.45) is 0 Å². The van der Waals surface area contributed by atoms with E-state index in [-0.39, 0.29) is 17.8 Å². The zero-order chi connectivity index (χ0) is 15.9. The van der Waals surface area contributed by atoms with Gasteiger partial charge < -0.3 is 0 Å². The van der Waals surface area contributed by atoms with Gasteiger partial charge in [0.2, 0.25) is 0 Å². The van der Waals surface area contributed by atoms with Gasteiger partial charge in [-0.3, -0.25) is 14.7 Å². The Hall–Kier alpha value is -2.72. The molecule has 1 amide bonds. The summed E-state index contributed by atoms with van der Waals surface area (Å²) in [5.74, 6) is 1.26. The van der Waals surface area contributed by atoms with Gasteiger partial charge in [-0.25, -0.2) is 15.1 Å². The number of hydrogen-bond acceptors (Lipinski definition) is 3. The molecule has 0 saturated carbocycles. The van der Waals surface area contributed by atoms with Gasteiger partial charge in [0.15, 0.2) is 0 Å². The highest BCUT2D eigenvalue weighted by Gasteiger charge is 2.12. The summed E-state index contributed by atoms with van der Waals surface area (Å²) in [5, 5.41) is 8.53. The van der Waals surface area contributed by atoms with E-state index >= 15 is 0 Å². The average molecular weight is 296 g/mol. The van der Waals surface area contributed by atoms with Crippen molar-refractivity contribution in [2.45, 2.75) is 13.0 Å². The summed E-state index contributed by atoms with van der Waals surface area (Å²) in [7, 11) is 1.31. The second-order valence-electron chi connectivity index (χ2n) is 4.67. The second kappa shape index (κ2) is 7.34. The van der Waals surface area contributed by atoms with Gasteiger partial charge in [-0.2, -0.15) is 0 Å². The predicted molar refractivity (Wildman–Crippen MR) is 78.8 cm³/mol. The Morgan fingerprint density at radius 1 is 1.36 bits per heavy atom. The molecule has 1 atom stereocenters. The van der Waals surface area contributed by atoms with Crippen LogP contribution in [0.1, 0.15) is 28.9 Å². The first kappa shape index (κ1) is 15.7. The molecule has 0 spiro atoms.